The van der Waals surface area contributed by atoms with Gasteiger partial charge in [-0.2, -0.15) is 0 Å². The molecule has 3 rings (SSSR count). The molecular formula is C20H24N2. The molecule has 0 saturated carbocycles. The van der Waals surface area contributed by atoms with Gasteiger partial charge in [-0.3, -0.25) is 0 Å². The maximum Gasteiger partial charge on any atom is 0.138 e. The van der Waals surface area contributed by atoms with Crippen LogP contribution in [-0.2, 0) is 5.41 Å². The van der Waals surface area contributed by atoms with Gasteiger partial charge >= 0.3 is 0 Å². The number of aromatic amines is 1. The number of nitrogens with zero attached hydrogens (tertiary/aromatic N) is 1. The van der Waals surface area contributed by atoms with Crippen molar-refractivity contribution in [1.29, 1.82) is 0 Å². The summed E-state index contributed by atoms with van der Waals surface area (Å²) in [6, 6.07) is 15.0. The van der Waals surface area contributed by atoms with Crippen LogP contribution < -0.4 is 0 Å². The van der Waals surface area contributed by atoms with Crippen molar-refractivity contribution in [3.8, 4) is 11.4 Å². The van der Waals surface area contributed by atoms with Crippen LogP contribution >= 0.6 is 0 Å². The molecule has 0 aliphatic rings. The van der Waals surface area contributed by atoms with E-state index in [1.807, 2.05) is 0 Å². The van der Waals surface area contributed by atoms with E-state index in [0.29, 0.717) is 5.92 Å². The van der Waals surface area contributed by atoms with Crippen LogP contribution in [0.15, 0.2) is 42.5 Å². The lowest BCUT2D eigenvalue weighted by Crippen LogP contribution is -2.10. The zero-order valence-electron chi connectivity index (χ0n) is 14.1. The molecule has 0 saturated heterocycles. The molecule has 2 nitrogen and oxygen atoms in total. The van der Waals surface area contributed by atoms with E-state index >= 15 is 0 Å². The normalized spacial score (nSPS) is 12.3. The molecular weight excluding hydrogens is 268 g/mol. The summed E-state index contributed by atoms with van der Waals surface area (Å²) in [5.74, 6) is 1.44. The lowest BCUT2D eigenvalue weighted by Gasteiger charge is -2.18. The Morgan fingerprint density at radius 2 is 1.73 bits per heavy atom. The SMILES string of the molecule is CC(C)c1ccccc1-c1nc2ccc(C(C)(C)C)cc2[nH]1. The van der Waals surface area contributed by atoms with Gasteiger partial charge in [0.25, 0.3) is 0 Å². The molecule has 0 spiro atoms. The summed E-state index contributed by atoms with van der Waals surface area (Å²) in [4.78, 5) is 8.30. The van der Waals surface area contributed by atoms with Crippen LogP contribution in [-0.4, -0.2) is 9.97 Å². The Hall–Kier alpha value is -2.09. The third-order valence-electron chi connectivity index (χ3n) is 4.19. The Morgan fingerprint density at radius 1 is 1.00 bits per heavy atom. The van der Waals surface area contributed by atoms with Crippen LogP contribution in [0, 0.1) is 0 Å². The minimum absolute atomic E-state index is 0.148. The minimum atomic E-state index is 0.148. The predicted octanol–water partition coefficient (Wildman–Crippen LogP) is 5.65. The number of nitrogens with one attached hydrogen (secondary N) is 1. The molecule has 0 amide bonds. The van der Waals surface area contributed by atoms with Crippen molar-refractivity contribution in [2.75, 3.05) is 0 Å². The smallest absolute Gasteiger partial charge is 0.138 e. The number of hydrogen-bond acceptors (Lipinski definition) is 1. The van der Waals surface area contributed by atoms with Crippen molar-refractivity contribution in [1.82, 2.24) is 9.97 Å². The molecule has 0 radical (unpaired) electrons. The van der Waals surface area contributed by atoms with Gasteiger partial charge in [-0.25, -0.2) is 4.98 Å². The molecule has 1 N–H and O–H groups in total. The average molecular weight is 292 g/mol. The minimum Gasteiger partial charge on any atom is -0.338 e. The van der Waals surface area contributed by atoms with Crippen molar-refractivity contribution >= 4 is 11.0 Å². The molecule has 3 aromatic rings. The standard InChI is InChI=1S/C20H24N2/c1-13(2)15-8-6-7-9-16(15)19-21-17-11-10-14(20(3,4)5)12-18(17)22-19/h6-13H,1-5H3,(H,21,22). The third-order valence-corrected chi connectivity index (χ3v) is 4.19. The van der Waals surface area contributed by atoms with Gasteiger partial charge in [-0.05, 0) is 34.6 Å². The lowest BCUT2D eigenvalue weighted by atomic mass is 9.87. The van der Waals surface area contributed by atoms with Crippen molar-refractivity contribution in [2.24, 2.45) is 0 Å². The third kappa shape index (κ3) is 2.66. The van der Waals surface area contributed by atoms with E-state index in [-0.39, 0.29) is 5.41 Å². The Bertz CT molecular complexity index is 804. The second-order valence-corrected chi connectivity index (χ2v) is 7.31. The first-order chi connectivity index (χ1) is 10.4. The van der Waals surface area contributed by atoms with Crippen molar-refractivity contribution in [2.45, 2.75) is 46.0 Å². The van der Waals surface area contributed by atoms with E-state index in [4.69, 9.17) is 4.98 Å². The predicted molar refractivity (Wildman–Crippen MR) is 94.3 cm³/mol. The first kappa shape index (κ1) is 14.8. The highest BCUT2D eigenvalue weighted by molar-refractivity contribution is 5.81. The first-order valence-electron chi connectivity index (χ1n) is 7.96. The quantitative estimate of drug-likeness (QED) is 0.649. The van der Waals surface area contributed by atoms with Crippen LogP contribution in [0.2, 0.25) is 0 Å². The summed E-state index contributed by atoms with van der Waals surface area (Å²) in [6.45, 7) is 11.1. The van der Waals surface area contributed by atoms with Gasteiger partial charge in [0, 0.05) is 5.56 Å². The highest BCUT2D eigenvalue weighted by Gasteiger charge is 2.16. The number of benzene rings is 2. The maximum absolute atomic E-state index is 4.79. The van der Waals surface area contributed by atoms with Crippen LogP contribution in [0.5, 0.6) is 0 Å². The van der Waals surface area contributed by atoms with Gasteiger partial charge in [0.15, 0.2) is 0 Å². The van der Waals surface area contributed by atoms with Crippen molar-refractivity contribution < 1.29 is 0 Å². The van der Waals surface area contributed by atoms with E-state index in [9.17, 15) is 0 Å². The summed E-state index contributed by atoms with van der Waals surface area (Å²) in [5.41, 5.74) is 6.15. The van der Waals surface area contributed by atoms with Gasteiger partial charge in [0.2, 0.25) is 0 Å². The number of fused-ring (bicyclic) bond motifs is 1. The molecule has 1 aromatic heterocycles. The number of rotatable bonds is 2. The van der Waals surface area contributed by atoms with Crippen LogP contribution in [0.25, 0.3) is 22.4 Å². The number of imidazole rings is 1. The van der Waals surface area contributed by atoms with E-state index in [2.05, 4.69) is 82.1 Å². The average Bonchev–Trinajstić information content (AvgIpc) is 2.89. The van der Waals surface area contributed by atoms with E-state index < -0.39 is 0 Å². The molecule has 0 aliphatic carbocycles. The number of H-pyrrole nitrogens is 1. The molecule has 2 aromatic carbocycles. The topological polar surface area (TPSA) is 28.7 Å². The van der Waals surface area contributed by atoms with Crippen molar-refractivity contribution in [3.63, 3.8) is 0 Å². The zero-order valence-corrected chi connectivity index (χ0v) is 14.1. The fourth-order valence-corrected chi connectivity index (χ4v) is 2.82. The van der Waals surface area contributed by atoms with Gasteiger partial charge in [-0.1, -0.05) is 65.0 Å². The Balaban J connectivity index is 2.14. The summed E-state index contributed by atoms with van der Waals surface area (Å²) in [5, 5.41) is 0. The van der Waals surface area contributed by atoms with Crippen LogP contribution in [0.1, 0.15) is 51.7 Å². The number of hydrogen-bond donors (Lipinski definition) is 1. The van der Waals surface area contributed by atoms with E-state index in [0.717, 1.165) is 16.9 Å². The maximum atomic E-state index is 4.79. The highest BCUT2D eigenvalue weighted by atomic mass is 14.9. The molecule has 1 heterocycles. The van der Waals surface area contributed by atoms with E-state index in [1.165, 1.54) is 16.7 Å². The second-order valence-electron chi connectivity index (χ2n) is 7.31. The molecule has 0 atom stereocenters. The van der Waals surface area contributed by atoms with E-state index in [1.54, 1.807) is 0 Å². The van der Waals surface area contributed by atoms with Crippen LogP contribution in [0.3, 0.4) is 0 Å². The summed E-state index contributed by atoms with van der Waals surface area (Å²) >= 11 is 0. The van der Waals surface area contributed by atoms with Gasteiger partial charge in [-0.15, -0.1) is 0 Å². The van der Waals surface area contributed by atoms with Crippen molar-refractivity contribution in [3.05, 3.63) is 53.6 Å². The molecule has 114 valence electrons. The van der Waals surface area contributed by atoms with Gasteiger partial charge < -0.3 is 4.98 Å². The fourth-order valence-electron chi connectivity index (χ4n) is 2.82. The second kappa shape index (κ2) is 5.28. The fraction of sp³-hybridized carbons (Fsp3) is 0.350. The molecule has 0 fully saturated rings. The molecule has 2 heteroatoms. The number of aromatic nitrogens is 2. The largest absolute Gasteiger partial charge is 0.338 e. The van der Waals surface area contributed by atoms with Gasteiger partial charge in [0.1, 0.15) is 5.82 Å². The molecule has 0 aliphatic heterocycles. The lowest BCUT2D eigenvalue weighted by molar-refractivity contribution is 0.591. The summed E-state index contributed by atoms with van der Waals surface area (Å²) in [6.07, 6.45) is 0. The first-order valence-corrected chi connectivity index (χ1v) is 7.96. The molecule has 0 unspecified atom stereocenters. The highest BCUT2D eigenvalue weighted by Crippen LogP contribution is 2.30. The molecule has 0 bridgehead atoms. The molecule has 22 heavy (non-hydrogen) atoms. The van der Waals surface area contributed by atoms with Gasteiger partial charge in [0.05, 0.1) is 11.0 Å². The Kier molecular flexibility index (Phi) is 3.56. The monoisotopic (exact) mass is 292 g/mol. The van der Waals surface area contributed by atoms with Crippen LogP contribution in [0.4, 0.5) is 0 Å². The summed E-state index contributed by atoms with van der Waals surface area (Å²) < 4.78 is 0. The Morgan fingerprint density at radius 3 is 2.41 bits per heavy atom. The summed E-state index contributed by atoms with van der Waals surface area (Å²) in [7, 11) is 0. The Labute approximate surface area is 132 Å². The zero-order chi connectivity index (χ0) is 15.9.